The lowest BCUT2D eigenvalue weighted by atomic mass is 10.0. The zero-order valence-corrected chi connectivity index (χ0v) is 10.4. The van der Waals surface area contributed by atoms with E-state index >= 15 is 0 Å². The molecule has 0 fully saturated rings. The van der Waals surface area contributed by atoms with Crippen molar-refractivity contribution in [2.24, 2.45) is 5.73 Å². The first-order chi connectivity index (χ1) is 9.36. The van der Waals surface area contributed by atoms with E-state index in [1.807, 2.05) is 30.3 Å². The summed E-state index contributed by atoms with van der Waals surface area (Å²) in [6.07, 6.45) is 1.64. The smallest absolute Gasteiger partial charge is 0.208 e. The van der Waals surface area contributed by atoms with Gasteiger partial charge < -0.3 is 10.2 Å². The summed E-state index contributed by atoms with van der Waals surface area (Å²) >= 11 is 0. The second kappa shape index (κ2) is 5.08. The summed E-state index contributed by atoms with van der Waals surface area (Å²) in [4.78, 5) is 4.31. The molecule has 0 radical (unpaired) electrons. The summed E-state index contributed by atoms with van der Waals surface area (Å²) in [5, 5.41) is 0. The molecule has 3 heteroatoms. The average Bonchev–Trinajstić information content (AvgIpc) is 2.97. The van der Waals surface area contributed by atoms with Crippen molar-refractivity contribution in [3.8, 4) is 22.4 Å². The van der Waals surface area contributed by atoms with Gasteiger partial charge in [-0.3, -0.25) is 0 Å². The number of benzene rings is 2. The van der Waals surface area contributed by atoms with Gasteiger partial charge in [0.15, 0.2) is 0 Å². The van der Waals surface area contributed by atoms with Crippen molar-refractivity contribution in [1.29, 1.82) is 0 Å². The van der Waals surface area contributed by atoms with Gasteiger partial charge in [0.2, 0.25) is 5.89 Å². The topological polar surface area (TPSA) is 52.0 Å². The van der Waals surface area contributed by atoms with Crippen LogP contribution in [0.4, 0.5) is 0 Å². The molecule has 0 bridgehead atoms. The van der Waals surface area contributed by atoms with E-state index in [-0.39, 0.29) is 0 Å². The van der Waals surface area contributed by atoms with Crippen LogP contribution in [0, 0.1) is 0 Å². The average molecular weight is 250 g/mol. The molecule has 0 spiro atoms. The number of hydrogen-bond acceptors (Lipinski definition) is 3. The molecule has 3 nitrogen and oxygen atoms in total. The standard InChI is InChI=1S/C16H14N2O/c17-10-16-18-15(11-19-16)14-8-6-13(7-9-14)12-4-2-1-3-5-12/h1-9,11H,10,17H2. The molecule has 0 atom stereocenters. The molecule has 0 amide bonds. The van der Waals surface area contributed by atoms with Crippen LogP contribution in [0.15, 0.2) is 65.3 Å². The minimum Gasteiger partial charge on any atom is -0.447 e. The van der Waals surface area contributed by atoms with E-state index in [9.17, 15) is 0 Å². The van der Waals surface area contributed by atoms with Crippen LogP contribution >= 0.6 is 0 Å². The van der Waals surface area contributed by atoms with Crippen molar-refractivity contribution in [3.05, 3.63) is 66.8 Å². The largest absolute Gasteiger partial charge is 0.447 e. The van der Waals surface area contributed by atoms with E-state index in [1.165, 1.54) is 11.1 Å². The van der Waals surface area contributed by atoms with Gasteiger partial charge in [-0.2, -0.15) is 0 Å². The third-order valence-electron chi connectivity index (χ3n) is 3.01. The maximum atomic E-state index is 5.49. The van der Waals surface area contributed by atoms with Gasteiger partial charge in [0.25, 0.3) is 0 Å². The van der Waals surface area contributed by atoms with Crippen LogP contribution in [0.5, 0.6) is 0 Å². The molecule has 1 aromatic heterocycles. The Kier molecular flexibility index (Phi) is 3.12. The Hall–Kier alpha value is -2.39. The third-order valence-corrected chi connectivity index (χ3v) is 3.01. The van der Waals surface area contributed by atoms with Crippen LogP contribution in [-0.2, 0) is 6.54 Å². The number of oxazole rings is 1. The maximum absolute atomic E-state index is 5.49. The SMILES string of the molecule is NCc1nc(-c2ccc(-c3ccccc3)cc2)co1. The summed E-state index contributed by atoms with van der Waals surface area (Å²) in [6, 6.07) is 18.5. The number of nitrogens with zero attached hydrogens (tertiary/aromatic N) is 1. The molecule has 2 N–H and O–H groups in total. The predicted molar refractivity (Wildman–Crippen MR) is 75.3 cm³/mol. The molecule has 2 aromatic carbocycles. The van der Waals surface area contributed by atoms with Crippen molar-refractivity contribution in [1.82, 2.24) is 4.98 Å². The Morgan fingerprint density at radius 3 is 2.11 bits per heavy atom. The molecule has 94 valence electrons. The number of nitrogens with two attached hydrogens (primary N) is 1. The Morgan fingerprint density at radius 2 is 1.47 bits per heavy atom. The molecule has 0 saturated heterocycles. The summed E-state index contributed by atoms with van der Waals surface area (Å²) in [5.74, 6) is 0.558. The quantitative estimate of drug-likeness (QED) is 0.774. The Bertz CT molecular complexity index is 657. The first-order valence-electron chi connectivity index (χ1n) is 6.17. The fourth-order valence-corrected chi connectivity index (χ4v) is 2.00. The Morgan fingerprint density at radius 1 is 0.842 bits per heavy atom. The first-order valence-corrected chi connectivity index (χ1v) is 6.17. The summed E-state index contributed by atoms with van der Waals surface area (Å²) < 4.78 is 5.25. The highest BCUT2D eigenvalue weighted by Gasteiger charge is 2.05. The van der Waals surface area contributed by atoms with E-state index in [0.29, 0.717) is 12.4 Å². The van der Waals surface area contributed by atoms with Gasteiger partial charge in [-0.25, -0.2) is 4.98 Å². The lowest BCUT2D eigenvalue weighted by molar-refractivity contribution is 0.498. The normalized spacial score (nSPS) is 10.6. The molecule has 19 heavy (non-hydrogen) atoms. The van der Waals surface area contributed by atoms with Gasteiger partial charge in [-0.15, -0.1) is 0 Å². The van der Waals surface area contributed by atoms with Gasteiger partial charge in [0.05, 0.1) is 6.54 Å². The molecule has 3 rings (SSSR count). The molecular weight excluding hydrogens is 236 g/mol. The maximum Gasteiger partial charge on any atom is 0.208 e. The molecule has 0 unspecified atom stereocenters. The van der Waals surface area contributed by atoms with E-state index in [2.05, 4.69) is 29.2 Å². The third kappa shape index (κ3) is 2.41. The van der Waals surface area contributed by atoms with Crippen LogP contribution in [0.1, 0.15) is 5.89 Å². The predicted octanol–water partition coefficient (Wildman–Crippen LogP) is 3.47. The summed E-state index contributed by atoms with van der Waals surface area (Å²) in [6.45, 7) is 0.322. The monoisotopic (exact) mass is 250 g/mol. The van der Waals surface area contributed by atoms with Gasteiger partial charge in [0.1, 0.15) is 12.0 Å². The zero-order valence-electron chi connectivity index (χ0n) is 10.4. The van der Waals surface area contributed by atoms with Crippen LogP contribution in [0.3, 0.4) is 0 Å². The van der Waals surface area contributed by atoms with Crippen LogP contribution in [0.2, 0.25) is 0 Å². The minimum absolute atomic E-state index is 0.322. The van der Waals surface area contributed by atoms with Gasteiger partial charge >= 0.3 is 0 Å². The first kappa shape index (κ1) is 11.7. The number of aromatic nitrogens is 1. The van der Waals surface area contributed by atoms with Crippen LogP contribution in [-0.4, -0.2) is 4.98 Å². The molecular formula is C16H14N2O. The summed E-state index contributed by atoms with van der Waals surface area (Å²) in [7, 11) is 0. The highest BCUT2D eigenvalue weighted by Crippen LogP contribution is 2.24. The highest BCUT2D eigenvalue weighted by molar-refractivity contribution is 5.68. The van der Waals surface area contributed by atoms with E-state index in [4.69, 9.17) is 10.2 Å². The van der Waals surface area contributed by atoms with E-state index < -0.39 is 0 Å². The minimum atomic E-state index is 0.322. The van der Waals surface area contributed by atoms with Crippen LogP contribution < -0.4 is 5.73 Å². The lowest BCUT2D eigenvalue weighted by Crippen LogP contribution is -1.95. The molecule has 0 aliphatic heterocycles. The second-order valence-electron chi connectivity index (χ2n) is 4.27. The van der Waals surface area contributed by atoms with Crippen molar-refractivity contribution in [2.75, 3.05) is 0 Å². The summed E-state index contributed by atoms with van der Waals surface area (Å²) in [5.41, 5.74) is 9.73. The van der Waals surface area contributed by atoms with Crippen LogP contribution in [0.25, 0.3) is 22.4 Å². The van der Waals surface area contributed by atoms with Gasteiger partial charge in [0, 0.05) is 5.56 Å². The molecule has 1 heterocycles. The van der Waals surface area contributed by atoms with Gasteiger partial charge in [-0.1, -0.05) is 54.6 Å². The molecule has 3 aromatic rings. The highest BCUT2D eigenvalue weighted by atomic mass is 16.3. The Balaban J connectivity index is 1.90. The molecule has 0 aliphatic rings. The fourth-order valence-electron chi connectivity index (χ4n) is 2.00. The number of rotatable bonds is 3. The fraction of sp³-hybridized carbons (Fsp3) is 0.0625. The molecule has 0 saturated carbocycles. The van der Waals surface area contributed by atoms with Crippen molar-refractivity contribution in [2.45, 2.75) is 6.54 Å². The second-order valence-corrected chi connectivity index (χ2v) is 4.27. The molecule has 0 aliphatic carbocycles. The van der Waals surface area contributed by atoms with Crippen molar-refractivity contribution < 1.29 is 4.42 Å². The van der Waals surface area contributed by atoms with Gasteiger partial charge in [-0.05, 0) is 11.1 Å². The zero-order chi connectivity index (χ0) is 13.1. The van der Waals surface area contributed by atoms with E-state index in [0.717, 1.165) is 11.3 Å². The van der Waals surface area contributed by atoms with Crippen molar-refractivity contribution in [3.63, 3.8) is 0 Å². The van der Waals surface area contributed by atoms with E-state index in [1.54, 1.807) is 6.26 Å². The lowest BCUT2D eigenvalue weighted by Gasteiger charge is -2.02. The van der Waals surface area contributed by atoms with Crippen molar-refractivity contribution >= 4 is 0 Å². The Labute approximate surface area is 111 Å². The number of hydrogen-bond donors (Lipinski definition) is 1.